The van der Waals surface area contributed by atoms with Gasteiger partial charge in [-0.25, -0.2) is 13.1 Å². The van der Waals surface area contributed by atoms with Crippen LogP contribution in [0.1, 0.15) is 17.2 Å². The van der Waals surface area contributed by atoms with Crippen molar-refractivity contribution >= 4 is 17.0 Å². The predicted molar refractivity (Wildman–Crippen MR) is 84.6 cm³/mol. The van der Waals surface area contributed by atoms with Gasteiger partial charge in [-0.2, -0.15) is 0 Å². The van der Waals surface area contributed by atoms with Gasteiger partial charge >= 0.3 is 6.98 Å². The first-order valence-corrected chi connectivity index (χ1v) is 8.51. The van der Waals surface area contributed by atoms with Crippen LogP contribution in [0.15, 0.2) is 59.5 Å². The van der Waals surface area contributed by atoms with Crippen molar-refractivity contribution in [1.82, 2.24) is 4.72 Å². The Bertz CT molecular complexity index is 747. The van der Waals surface area contributed by atoms with Crippen molar-refractivity contribution in [1.29, 1.82) is 0 Å². The van der Waals surface area contributed by atoms with Gasteiger partial charge < -0.3 is 12.9 Å². The molecule has 1 N–H and O–H groups in total. The number of rotatable bonds is 6. The molecule has 2 aromatic carbocycles. The summed E-state index contributed by atoms with van der Waals surface area (Å²) in [7, 11) is -4.04. The highest BCUT2D eigenvalue weighted by molar-refractivity contribution is 7.89. The van der Waals surface area contributed by atoms with Gasteiger partial charge in [-0.3, -0.25) is 0 Å². The number of halogens is 3. The van der Waals surface area contributed by atoms with Crippen molar-refractivity contribution in [2.45, 2.75) is 24.2 Å². The van der Waals surface area contributed by atoms with E-state index in [0.29, 0.717) is 0 Å². The number of sulfonamides is 1. The van der Waals surface area contributed by atoms with Crippen molar-refractivity contribution in [3.8, 4) is 0 Å². The molecule has 2 aromatic rings. The van der Waals surface area contributed by atoms with Crippen LogP contribution in [0.5, 0.6) is 0 Å². The summed E-state index contributed by atoms with van der Waals surface area (Å²) in [4.78, 5) is -0.0568. The minimum atomic E-state index is -5.14. The topological polar surface area (TPSA) is 46.2 Å². The first-order valence-electron chi connectivity index (χ1n) is 7.02. The smallest absolute Gasteiger partial charge is 0.449 e. The number of benzene rings is 2. The van der Waals surface area contributed by atoms with Gasteiger partial charge in [0.25, 0.3) is 0 Å². The molecule has 0 radical (unpaired) electrons. The minimum Gasteiger partial charge on any atom is -0.449 e. The Kier molecular flexibility index (Phi) is 5.16. The van der Waals surface area contributed by atoms with Crippen molar-refractivity contribution < 1.29 is 21.4 Å². The lowest BCUT2D eigenvalue weighted by molar-refractivity contribution is 0.449. The second-order valence-corrected chi connectivity index (χ2v) is 7.06. The van der Waals surface area contributed by atoms with Crippen LogP contribution >= 0.6 is 0 Å². The van der Waals surface area contributed by atoms with Gasteiger partial charge in [0.05, 0.1) is 4.90 Å². The van der Waals surface area contributed by atoms with Crippen LogP contribution < -0.4 is 4.72 Å². The summed E-state index contributed by atoms with van der Waals surface area (Å²) in [5.41, 5.74) is 1.14. The van der Waals surface area contributed by atoms with Crippen molar-refractivity contribution in [2.75, 3.05) is 0 Å². The van der Waals surface area contributed by atoms with Crippen LogP contribution in [0.25, 0.3) is 0 Å². The molecule has 0 aliphatic rings. The molecule has 1 unspecified atom stereocenters. The summed E-state index contributed by atoms with van der Waals surface area (Å²) in [6.45, 7) is -3.35. The molecule has 124 valence electrons. The average molecular weight is 342 g/mol. The lowest BCUT2D eigenvalue weighted by Gasteiger charge is -2.24. The molecule has 23 heavy (non-hydrogen) atoms. The maximum Gasteiger partial charge on any atom is 0.480 e. The second kappa shape index (κ2) is 6.76. The Morgan fingerprint density at radius 3 is 2.09 bits per heavy atom. The monoisotopic (exact) mass is 342 g/mol. The molecule has 8 heteroatoms. The van der Waals surface area contributed by atoms with E-state index in [0.717, 1.165) is 5.56 Å². The maximum absolute atomic E-state index is 12.8. The van der Waals surface area contributed by atoms with Crippen LogP contribution in [0.3, 0.4) is 0 Å². The van der Waals surface area contributed by atoms with Crippen molar-refractivity contribution in [2.24, 2.45) is 0 Å². The Balaban J connectivity index is 2.31. The molecular weight excluding hydrogens is 326 g/mol. The van der Waals surface area contributed by atoms with E-state index in [1.165, 1.54) is 24.3 Å². The summed E-state index contributed by atoms with van der Waals surface area (Å²) < 4.78 is 65.4. The molecule has 0 amide bonds. The van der Waals surface area contributed by atoms with E-state index in [2.05, 4.69) is 4.72 Å². The van der Waals surface area contributed by atoms with Crippen molar-refractivity contribution in [3.05, 3.63) is 65.7 Å². The molecule has 1 atom stereocenters. The zero-order valence-corrected chi connectivity index (χ0v) is 13.2. The van der Waals surface area contributed by atoms with E-state index in [1.54, 1.807) is 37.3 Å². The average Bonchev–Trinajstić information content (AvgIpc) is 2.46. The Morgan fingerprint density at radius 2 is 1.57 bits per heavy atom. The van der Waals surface area contributed by atoms with Crippen LogP contribution in [0, 0.1) is 6.92 Å². The molecule has 0 aromatic heterocycles. The Morgan fingerprint density at radius 1 is 1.00 bits per heavy atom. The maximum atomic E-state index is 12.8. The molecule has 0 aliphatic heterocycles. The van der Waals surface area contributed by atoms with E-state index in [-0.39, 0.29) is 10.5 Å². The third-order valence-electron chi connectivity index (χ3n) is 3.33. The summed E-state index contributed by atoms with van der Waals surface area (Å²) in [6.07, 6.45) is -1.21. The highest BCUT2D eigenvalue weighted by atomic mass is 32.2. The first-order chi connectivity index (χ1) is 10.7. The lowest BCUT2D eigenvalue weighted by atomic mass is 9.80. The summed E-state index contributed by atoms with van der Waals surface area (Å²) in [5, 5.41) is 0. The largest absolute Gasteiger partial charge is 0.480 e. The third-order valence-corrected chi connectivity index (χ3v) is 4.82. The van der Waals surface area contributed by atoms with Crippen LogP contribution in [-0.4, -0.2) is 15.4 Å². The zero-order valence-electron chi connectivity index (χ0n) is 12.4. The minimum absolute atomic E-state index is 0.0568. The highest BCUT2D eigenvalue weighted by Gasteiger charge is 2.31. The molecule has 0 bridgehead atoms. The normalized spacial score (nSPS) is 13.7. The van der Waals surface area contributed by atoms with Gasteiger partial charge in [0.1, 0.15) is 0 Å². The van der Waals surface area contributed by atoms with Gasteiger partial charge in [0, 0.05) is 6.04 Å². The molecule has 0 aliphatic carbocycles. The molecule has 0 heterocycles. The van der Waals surface area contributed by atoms with E-state index in [1.807, 2.05) is 0 Å². The predicted octanol–water partition coefficient (Wildman–Crippen LogP) is 3.86. The summed E-state index contributed by atoms with van der Waals surface area (Å²) in [5.74, 6) is 0. The van der Waals surface area contributed by atoms with Gasteiger partial charge in [-0.15, -0.1) is 0 Å². The standard InChI is InChI=1S/C15H16BF3NO2S/c1-12-7-9-14(10-8-12)23(21,22)20-15(11-16(17,18)19)13-5-3-2-4-6-13/h2-10,15,20H,11H2,1H3/q-1. The zero-order chi connectivity index (χ0) is 17.1. The third kappa shape index (κ3) is 5.11. The SMILES string of the molecule is Cc1ccc(S(=O)(=O)NC(C[B-](F)(F)F)c2ccccc2)cc1. The number of aryl methyl sites for hydroxylation is 1. The molecule has 0 saturated carbocycles. The van der Waals surface area contributed by atoms with Gasteiger partial charge in [-0.1, -0.05) is 54.3 Å². The number of nitrogens with one attached hydrogen (secondary N) is 1. The fraction of sp³-hybridized carbons (Fsp3) is 0.200. The molecule has 0 saturated heterocycles. The second-order valence-electron chi connectivity index (χ2n) is 5.34. The fourth-order valence-corrected chi connectivity index (χ4v) is 3.41. The van der Waals surface area contributed by atoms with Crippen LogP contribution in [-0.2, 0) is 10.0 Å². The quantitative estimate of drug-likeness (QED) is 0.811. The molecule has 2 rings (SSSR count). The molecule has 0 spiro atoms. The van der Waals surface area contributed by atoms with E-state index in [9.17, 15) is 21.4 Å². The Labute approximate surface area is 133 Å². The van der Waals surface area contributed by atoms with E-state index >= 15 is 0 Å². The van der Waals surface area contributed by atoms with E-state index < -0.39 is 29.4 Å². The van der Waals surface area contributed by atoms with E-state index in [4.69, 9.17) is 0 Å². The van der Waals surface area contributed by atoms with Gasteiger partial charge in [0.15, 0.2) is 0 Å². The highest BCUT2D eigenvalue weighted by Crippen LogP contribution is 2.28. The van der Waals surface area contributed by atoms with Crippen LogP contribution in [0.2, 0.25) is 6.32 Å². The Hall–Kier alpha value is -1.80. The van der Waals surface area contributed by atoms with Crippen LogP contribution in [0.4, 0.5) is 12.9 Å². The molecule has 0 fully saturated rings. The van der Waals surface area contributed by atoms with Gasteiger partial charge in [-0.05, 0) is 24.6 Å². The number of hydrogen-bond acceptors (Lipinski definition) is 2. The molecular formula is C15H16BF3NO2S-. The number of hydrogen-bond donors (Lipinski definition) is 1. The lowest BCUT2D eigenvalue weighted by Crippen LogP contribution is -2.33. The first kappa shape index (κ1) is 17.6. The van der Waals surface area contributed by atoms with Gasteiger partial charge in [0.2, 0.25) is 10.0 Å². The summed E-state index contributed by atoms with van der Waals surface area (Å²) >= 11 is 0. The van der Waals surface area contributed by atoms with Crippen molar-refractivity contribution in [3.63, 3.8) is 0 Å². The summed E-state index contributed by atoms with van der Waals surface area (Å²) in [6, 6.07) is 12.4. The molecule has 3 nitrogen and oxygen atoms in total. The fourth-order valence-electron chi connectivity index (χ4n) is 2.18.